The Morgan fingerprint density at radius 1 is 1.47 bits per heavy atom. The number of hydrogen-bond donors (Lipinski definition) is 0. The fourth-order valence-corrected chi connectivity index (χ4v) is 1.85. The molecule has 15 heavy (non-hydrogen) atoms. The zero-order valence-corrected chi connectivity index (χ0v) is 9.00. The summed E-state index contributed by atoms with van der Waals surface area (Å²) in [6.07, 6.45) is -2.80. The Morgan fingerprint density at radius 3 is 2.47 bits per heavy atom. The number of thiophene rings is 1. The second-order valence-corrected chi connectivity index (χ2v) is 3.91. The van der Waals surface area contributed by atoms with Gasteiger partial charge in [0.2, 0.25) is 0 Å². The van der Waals surface area contributed by atoms with Crippen molar-refractivity contribution in [2.75, 3.05) is 0 Å². The van der Waals surface area contributed by atoms with Crippen LogP contribution in [0.4, 0.5) is 13.2 Å². The molecule has 1 rings (SSSR count). The van der Waals surface area contributed by atoms with Gasteiger partial charge in [-0.15, -0.1) is 11.3 Å². The van der Waals surface area contributed by atoms with Crippen molar-refractivity contribution >= 4 is 17.1 Å². The highest BCUT2D eigenvalue weighted by atomic mass is 32.1. The van der Waals surface area contributed by atoms with Crippen molar-refractivity contribution in [1.29, 1.82) is 0 Å². The minimum absolute atomic E-state index is 0.123. The number of Topliss-reactive ketones (excluding diaryl/α,β-unsaturated/α-hetero) is 1. The van der Waals surface area contributed by atoms with Crippen molar-refractivity contribution in [2.24, 2.45) is 0 Å². The molecule has 0 N–H and O–H groups in total. The molecule has 0 aliphatic carbocycles. The Hall–Kier alpha value is -1.10. The second kappa shape index (κ2) is 4.18. The molecule has 0 saturated heterocycles. The fourth-order valence-electron chi connectivity index (χ4n) is 0.929. The minimum Gasteiger partial charge on any atom is -0.288 e. The molecule has 0 unspecified atom stereocenters. The number of rotatable bonds is 2. The molecule has 0 fully saturated rings. The van der Waals surface area contributed by atoms with Crippen molar-refractivity contribution in [3.63, 3.8) is 0 Å². The van der Waals surface area contributed by atoms with E-state index < -0.39 is 11.7 Å². The summed E-state index contributed by atoms with van der Waals surface area (Å²) in [6, 6.07) is 0.889. The molecule has 1 heterocycles. The summed E-state index contributed by atoms with van der Waals surface area (Å²) >= 11 is 0.818. The standard InChI is InChI=1S/C10H9F3OS/c1-3-6(2)9(14)8-4-7(5-15-8)10(11,12)13/h3-5H,1-2H3/b6-3-. The van der Waals surface area contributed by atoms with Gasteiger partial charge in [-0.25, -0.2) is 0 Å². The van der Waals surface area contributed by atoms with E-state index in [4.69, 9.17) is 0 Å². The molecule has 5 heteroatoms. The Bertz CT molecular complexity index is 401. The van der Waals surface area contributed by atoms with Crippen LogP contribution in [0.1, 0.15) is 29.1 Å². The highest BCUT2D eigenvalue weighted by molar-refractivity contribution is 7.12. The monoisotopic (exact) mass is 234 g/mol. The zero-order valence-electron chi connectivity index (χ0n) is 8.18. The highest BCUT2D eigenvalue weighted by Crippen LogP contribution is 2.33. The lowest BCUT2D eigenvalue weighted by Crippen LogP contribution is -2.03. The third kappa shape index (κ3) is 2.68. The van der Waals surface area contributed by atoms with E-state index in [-0.39, 0.29) is 10.7 Å². The molecule has 1 nitrogen and oxygen atoms in total. The summed E-state index contributed by atoms with van der Waals surface area (Å²) in [5, 5.41) is 0.955. The van der Waals surface area contributed by atoms with Crippen LogP contribution in [-0.4, -0.2) is 5.78 Å². The maximum absolute atomic E-state index is 12.2. The van der Waals surface area contributed by atoms with Gasteiger partial charge in [-0.1, -0.05) is 6.08 Å². The number of carbonyl (C=O) groups excluding carboxylic acids is 1. The summed E-state index contributed by atoms with van der Waals surface area (Å²) < 4.78 is 36.7. The molecule has 1 aromatic heterocycles. The van der Waals surface area contributed by atoms with Crippen LogP contribution in [0.2, 0.25) is 0 Å². The van der Waals surface area contributed by atoms with E-state index in [1.165, 1.54) is 0 Å². The number of alkyl halides is 3. The van der Waals surface area contributed by atoms with Crippen LogP contribution in [0.15, 0.2) is 23.1 Å². The van der Waals surface area contributed by atoms with Gasteiger partial charge >= 0.3 is 6.18 Å². The summed E-state index contributed by atoms with van der Waals surface area (Å²) in [5.41, 5.74) is -0.315. The number of hydrogen-bond acceptors (Lipinski definition) is 2. The van der Waals surface area contributed by atoms with E-state index in [9.17, 15) is 18.0 Å². The van der Waals surface area contributed by atoms with E-state index in [0.29, 0.717) is 5.57 Å². The minimum atomic E-state index is -4.38. The van der Waals surface area contributed by atoms with Gasteiger partial charge in [-0.3, -0.25) is 4.79 Å². The van der Waals surface area contributed by atoms with Gasteiger partial charge in [0.15, 0.2) is 5.78 Å². The van der Waals surface area contributed by atoms with Crippen LogP contribution in [0.5, 0.6) is 0 Å². The molecule has 0 saturated carbocycles. The third-order valence-corrected chi connectivity index (χ3v) is 2.87. The van der Waals surface area contributed by atoms with Crippen LogP contribution in [-0.2, 0) is 6.18 Å². The average Bonchev–Trinajstić information content (AvgIpc) is 2.63. The van der Waals surface area contributed by atoms with Gasteiger partial charge in [0.05, 0.1) is 10.4 Å². The van der Waals surface area contributed by atoms with Gasteiger partial charge in [0.1, 0.15) is 0 Å². The lowest BCUT2D eigenvalue weighted by molar-refractivity contribution is -0.137. The van der Waals surface area contributed by atoms with Crippen molar-refractivity contribution in [3.05, 3.63) is 33.5 Å². The number of ketones is 1. The lowest BCUT2D eigenvalue weighted by atomic mass is 10.1. The zero-order chi connectivity index (χ0) is 11.6. The molecule has 0 aliphatic heterocycles. The van der Waals surface area contributed by atoms with Crippen molar-refractivity contribution < 1.29 is 18.0 Å². The largest absolute Gasteiger partial charge is 0.417 e. The molecule has 0 radical (unpaired) electrons. The van der Waals surface area contributed by atoms with E-state index in [1.54, 1.807) is 19.9 Å². The van der Waals surface area contributed by atoms with Gasteiger partial charge in [-0.05, 0) is 25.5 Å². The first kappa shape index (κ1) is 12.0. The quantitative estimate of drug-likeness (QED) is 0.560. The summed E-state index contributed by atoms with van der Waals surface area (Å²) in [6.45, 7) is 3.25. The third-order valence-electron chi connectivity index (χ3n) is 1.94. The lowest BCUT2D eigenvalue weighted by Gasteiger charge is -2.01. The molecule has 0 bridgehead atoms. The van der Waals surface area contributed by atoms with E-state index >= 15 is 0 Å². The summed E-state index contributed by atoms with van der Waals surface area (Å²) in [5.74, 6) is -0.349. The number of allylic oxidation sites excluding steroid dienone is 2. The molecule has 0 aromatic carbocycles. The van der Waals surface area contributed by atoms with Crippen molar-refractivity contribution in [1.82, 2.24) is 0 Å². The molecule has 0 amide bonds. The van der Waals surface area contributed by atoms with E-state index in [0.717, 1.165) is 22.8 Å². The van der Waals surface area contributed by atoms with Crippen LogP contribution < -0.4 is 0 Å². The molecular formula is C10H9F3OS. The molecular weight excluding hydrogens is 225 g/mol. The Kier molecular flexibility index (Phi) is 3.34. The topological polar surface area (TPSA) is 17.1 Å². The second-order valence-electron chi connectivity index (χ2n) is 3.00. The molecule has 0 spiro atoms. The van der Waals surface area contributed by atoms with Crippen LogP contribution in [0, 0.1) is 0 Å². The van der Waals surface area contributed by atoms with Crippen LogP contribution in [0.25, 0.3) is 0 Å². The highest BCUT2D eigenvalue weighted by Gasteiger charge is 2.32. The van der Waals surface area contributed by atoms with Crippen molar-refractivity contribution in [3.8, 4) is 0 Å². The maximum atomic E-state index is 12.2. The first-order valence-corrected chi connectivity index (χ1v) is 5.07. The molecule has 0 atom stereocenters. The van der Waals surface area contributed by atoms with Crippen molar-refractivity contribution in [2.45, 2.75) is 20.0 Å². The van der Waals surface area contributed by atoms with E-state index in [1.807, 2.05) is 0 Å². The SMILES string of the molecule is C/C=C(/C)C(=O)c1cc(C(F)(F)F)cs1. The first-order chi connectivity index (χ1) is 6.86. The molecule has 82 valence electrons. The number of carbonyl (C=O) groups is 1. The Labute approximate surface area is 89.2 Å². The van der Waals surface area contributed by atoms with Crippen LogP contribution >= 0.6 is 11.3 Å². The van der Waals surface area contributed by atoms with Gasteiger partial charge in [0, 0.05) is 5.38 Å². The number of halogens is 3. The molecule has 0 aliphatic rings. The molecule has 1 aromatic rings. The smallest absolute Gasteiger partial charge is 0.288 e. The van der Waals surface area contributed by atoms with E-state index in [2.05, 4.69) is 0 Å². The predicted molar refractivity (Wildman–Crippen MR) is 53.1 cm³/mol. The first-order valence-electron chi connectivity index (χ1n) is 4.19. The van der Waals surface area contributed by atoms with Crippen LogP contribution in [0.3, 0.4) is 0 Å². The predicted octanol–water partition coefficient (Wildman–Crippen LogP) is 3.92. The van der Waals surface area contributed by atoms with Gasteiger partial charge in [-0.2, -0.15) is 13.2 Å². The summed E-state index contributed by atoms with van der Waals surface area (Å²) in [7, 11) is 0. The normalized spacial score (nSPS) is 13.0. The fraction of sp³-hybridized carbons (Fsp3) is 0.300. The Morgan fingerprint density at radius 2 is 2.07 bits per heavy atom. The maximum Gasteiger partial charge on any atom is 0.417 e. The van der Waals surface area contributed by atoms with Gasteiger partial charge < -0.3 is 0 Å². The average molecular weight is 234 g/mol. The Balaban J connectivity index is 3.00. The van der Waals surface area contributed by atoms with Gasteiger partial charge in [0.25, 0.3) is 0 Å². The summed E-state index contributed by atoms with van der Waals surface area (Å²) in [4.78, 5) is 11.6.